The first-order chi connectivity index (χ1) is 12.3. The summed E-state index contributed by atoms with van der Waals surface area (Å²) in [6.07, 6.45) is 3.17. The molecule has 1 aromatic heterocycles. The number of ether oxygens (including phenoxy) is 1. The number of aromatic nitrogens is 4. The quantitative estimate of drug-likeness (QED) is 0.793. The van der Waals surface area contributed by atoms with E-state index in [0.29, 0.717) is 5.95 Å². The van der Waals surface area contributed by atoms with Gasteiger partial charge in [0.25, 0.3) is 0 Å². The van der Waals surface area contributed by atoms with Crippen molar-refractivity contribution in [2.24, 2.45) is 0 Å². The Balaban J connectivity index is 1.74. The van der Waals surface area contributed by atoms with Gasteiger partial charge in [-0.3, -0.25) is 0 Å². The summed E-state index contributed by atoms with van der Waals surface area (Å²) in [7, 11) is 1.66. The van der Waals surface area contributed by atoms with Crippen LogP contribution < -0.4 is 10.1 Å². The van der Waals surface area contributed by atoms with Gasteiger partial charge in [-0.05, 0) is 63.9 Å². The topological polar surface area (TPSA) is 64.9 Å². The minimum Gasteiger partial charge on any atom is -0.497 e. The molecule has 0 fully saturated rings. The molecule has 1 atom stereocenters. The molecule has 126 valence electrons. The number of anilines is 1. The van der Waals surface area contributed by atoms with Gasteiger partial charge < -0.3 is 10.1 Å². The van der Waals surface area contributed by atoms with E-state index < -0.39 is 0 Å². The molecule has 0 saturated heterocycles. The molecule has 25 heavy (non-hydrogen) atoms. The van der Waals surface area contributed by atoms with Crippen LogP contribution >= 0.6 is 0 Å². The maximum absolute atomic E-state index is 5.24. The molecule has 0 bridgehead atoms. The summed E-state index contributed by atoms with van der Waals surface area (Å²) in [5, 5.41) is 15.4. The maximum atomic E-state index is 5.24. The lowest BCUT2D eigenvalue weighted by atomic mass is 10.00. The third kappa shape index (κ3) is 2.87. The SMILES string of the molecule is CCc1ccc(C2C=C(c3ccc(OC)cc3)Nc3nnnn32)cc1. The molecule has 0 aliphatic carbocycles. The van der Waals surface area contributed by atoms with Gasteiger partial charge in [-0.1, -0.05) is 36.3 Å². The van der Waals surface area contributed by atoms with Crippen LogP contribution in [0.15, 0.2) is 54.6 Å². The average Bonchev–Trinajstić information content (AvgIpc) is 3.16. The van der Waals surface area contributed by atoms with E-state index in [1.807, 2.05) is 24.3 Å². The number of fused-ring (bicyclic) bond motifs is 1. The van der Waals surface area contributed by atoms with Crippen LogP contribution in [0.1, 0.15) is 29.7 Å². The molecule has 2 heterocycles. The zero-order chi connectivity index (χ0) is 17.2. The second-order valence-corrected chi connectivity index (χ2v) is 5.92. The zero-order valence-corrected chi connectivity index (χ0v) is 14.2. The number of aryl methyl sites for hydroxylation is 1. The first-order valence-corrected chi connectivity index (χ1v) is 8.28. The fourth-order valence-electron chi connectivity index (χ4n) is 2.98. The number of nitrogens with one attached hydrogen (secondary N) is 1. The number of allylic oxidation sites excluding steroid dienone is 1. The Labute approximate surface area is 146 Å². The van der Waals surface area contributed by atoms with E-state index in [9.17, 15) is 0 Å². The highest BCUT2D eigenvalue weighted by atomic mass is 16.5. The highest BCUT2D eigenvalue weighted by Crippen LogP contribution is 2.32. The Morgan fingerprint density at radius 2 is 1.84 bits per heavy atom. The Bertz CT molecular complexity index is 896. The summed E-state index contributed by atoms with van der Waals surface area (Å²) in [4.78, 5) is 0. The van der Waals surface area contributed by atoms with E-state index in [0.717, 1.165) is 29.0 Å². The van der Waals surface area contributed by atoms with Crippen LogP contribution in [0.4, 0.5) is 5.95 Å². The first-order valence-electron chi connectivity index (χ1n) is 8.28. The molecule has 2 aromatic carbocycles. The monoisotopic (exact) mass is 333 g/mol. The predicted octanol–water partition coefficient (Wildman–Crippen LogP) is 3.30. The van der Waals surface area contributed by atoms with E-state index in [-0.39, 0.29) is 6.04 Å². The molecular weight excluding hydrogens is 314 g/mol. The second kappa shape index (κ2) is 6.39. The zero-order valence-electron chi connectivity index (χ0n) is 14.2. The van der Waals surface area contributed by atoms with Crippen molar-refractivity contribution in [3.8, 4) is 5.75 Å². The molecule has 1 unspecified atom stereocenters. The minimum absolute atomic E-state index is 0.0470. The van der Waals surface area contributed by atoms with Gasteiger partial charge in [0, 0.05) is 5.70 Å². The molecule has 0 amide bonds. The molecule has 0 saturated carbocycles. The minimum atomic E-state index is -0.0470. The van der Waals surface area contributed by atoms with Gasteiger partial charge in [-0.2, -0.15) is 4.68 Å². The summed E-state index contributed by atoms with van der Waals surface area (Å²) in [6.45, 7) is 2.15. The Morgan fingerprint density at radius 1 is 1.08 bits per heavy atom. The fraction of sp³-hybridized carbons (Fsp3) is 0.211. The average molecular weight is 333 g/mol. The molecule has 1 N–H and O–H groups in total. The number of hydrogen-bond acceptors (Lipinski definition) is 5. The third-order valence-electron chi connectivity index (χ3n) is 4.46. The third-order valence-corrected chi connectivity index (χ3v) is 4.46. The van der Waals surface area contributed by atoms with Crippen molar-refractivity contribution in [3.63, 3.8) is 0 Å². The lowest BCUT2D eigenvalue weighted by Crippen LogP contribution is -2.20. The largest absolute Gasteiger partial charge is 0.497 e. The lowest BCUT2D eigenvalue weighted by Gasteiger charge is -2.23. The van der Waals surface area contributed by atoms with E-state index in [1.165, 1.54) is 5.56 Å². The molecule has 1 aliphatic rings. The van der Waals surface area contributed by atoms with Gasteiger partial charge in [0.15, 0.2) is 0 Å². The van der Waals surface area contributed by atoms with Crippen LogP contribution in [0.5, 0.6) is 5.75 Å². The maximum Gasteiger partial charge on any atom is 0.248 e. The summed E-state index contributed by atoms with van der Waals surface area (Å²) >= 11 is 0. The Hall–Kier alpha value is -3.15. The van der Waals surface area contributed by atoms with E-state index >= 15 is 0 Å². The molecule has 6 heteroatoms. The van der Waals surface area contributed by atoms with Crippen LogP contribution in [0.3, 0.4) is 0 Å². The van der Waals surface area contributed by atoms with Gasteiger partial charge in [0.1, 0.15) is 11.8 Å². The summed E-state index contributed by atoms with van der Waals surface area (Å²) in [5.74, 6) is 1.47. The first kappa shape index (κ1) is 15.4. The van der Waals surface area contributed by atoms with Gasteiger partial charge in [-0.25, -0.2) is 0 Å². The number of hydrogen-bond donors (Lipinski definition) is 1. The molecule has 0 spiro atoms. The van der Waals surface area contributed by atoms with E-state index in [4.69, 9.17) is 4.74 Å². The molecule has 1 aliphatic heterocycles. The van der Waals surface area contributed by atoms with Crippen LogP contribution in [-0.2, 0) is 6.42 Å². The van der Waals surface area contributed by atoms with Crippen molar-refractivity contribution < 1.29 is 4.74 Å². The van der Waals surface area contributed by atoms with Gasteiger partial charge in [0.05, 0.1) is 7.11 Å². The van der Waals surface area contributed by atoms with Crippen molar-refractivity contribution in [2.75, 3.05) is 12.4 Å². The van der Waals surface area contributed by atoms with Gasteiger partial charge in [0.2, 0.25) is 5.95 Å². The lowest BCUT2D eigenvalue weighted by molar-refractivity contribution is 0.415. The van der Waals surface area contributed by atoms with E-state index in [2.05, 4.69) is 58.1 Å². The summed E-state index contributed by atoms with van der Waals surface area (Å²) < 4.78 is 7.04. The highest BCUT2D eigenvalue weighted by molar-refractivity contribution is 5.77. The summed E-state index contributed by atoms with van der Waals surface area (Å²) in [6, 6.07) is 16.5. The molecule has 6 nitrogen and oxygen atoms in total. The number of rotatable bonds is 4. The fourth-order valence-corrected chi connectivity index (χ4v) is 2.98. The predicted molar refractivity (Wildman–Crippen MR) is 96.4 cm³/mol. The van der Waals surface area contributed by atoms with Crippen LogP contribution in [0.2, 0.25) is 0 Å². The normalized spacial score (nSPS) is 15.9. The Morgan fingerprint density at radius 3 is 2.52 bits per heavy atom. The Kier molecular flexibility index (Phi) is 3.93. The summed E-state index contributed by atoms with van der Waals surface area (Å²) in [5.41, 5.74) is 4.51. The number of tetrazole rings is 1. The molecule has 3 aromatic rings. The second-order valence-electron chi connectivity index (χ2n) is 5.92. The van der Waals surface area contributed by atoms with Crippen molar-refractivity contribution >= 4 is 11.6 Å². The smallest absolute Gasteiger partial charge is 0.248 e. The van der Waals surface area contributed by atoms with Crippen LogP contribution in [0, 0.1) is 0 Å². The standard InChI is InChI=1S/C19H19N5O/c1-3-13-4-6-15(7-5-13)18-12-17(20-19-21-22-23-24(18)19)14-8-10-16(25-2)11-9-14/h4-12,18H,3H2,1-2H3,(H,20,21,23). The molecule has 0 radical (unpaired) electrons. The van der Waals surface area contributed by atoms with Crippen molar-refractivity contribution in [1.82, 2.24) is 20.2 Å². The van der Waals surface area contributed by atoms with Crippen LogP contribution in [-0.4, -0.2) is 27.3 Å². The number of methoxy groups -OCH3 is 1. The molecule has 4 rings (SSSR count). The number of nitrogens with zero attached hydrogens (tertiary/aromatic N) is 4. The van der Waals surface area contributed by atoms with E-state index in [1.54, 1.807) is 11.8 Å². The van der Waals surface area contributed by atoms with Gasteiger partial charge in [-0.15, -0.1) is 0 Å². The highest BCUT2D eigenvalue weighted by Gasteiger charge is 2.24. The van der Waals surface area contributed by atoms with Gasteiger partial charge >= 0.3 is 0 Å². The van der Waals surface area contributed by atoms with Crippen molar-refractivity contribution in [3.05, 3.63) is 71.3 Å². The van der Waals surface area contributed by atoms with Crippen LogP contribution in [0.25, 0.3) is 5.70 Å². The molecular formula is C19H19N5O. The number of benzene rings is 2. The van der Waals surface area contributed by atoms with Crippen molar-refractivity contribution in [1.29, 1.82) is 0 Å². The van der Waals surface area contributed by atoms with Crippen molar-refractivity contribution in [2.45, 2.75) is 19.4 Å².